The third-order valence-corrected chi connectivity index (χ3v) is 3.15. The van der Waals surface area contributed by atoms with Gasteiger partial charge in [0.25, 0.3) is 0 Å². The molecule has 0 saturated heterocycles. The Morgan fingerprint density at radius 2 is 1.62 bits per heavy atom. The van der Waals surface area contributed by atoms with Crippen LogP contribution in [0.4, 0.5) is 0 Å². The van der Waals surface area contributed by atoms with E-state index in [1.165, 1.54) is 5.56 Å². The maximum Gasteiger partial charge on any atom is 0.204 e. The van der Waals surface area contributed by atoms with Crippen molar-refractivity contribution in [3.05, 3.63) is 66.2 Å². The zero-order chi connectivity index (χ0) is 14.3. The molecule has 0 unspecified atom stereocenters. The number of hydrogen-bond acceptors (Lipinski definition) is 4. The van der Waals surface area contributed by atoms with Gasteiger partial charge in [0.1, 0.15) is 0 Å². The molecule has 0 amide bonds. The van der Waals surface area contributed by atoms with Gasteiger partial charge in [-0.05, 0) is 10.8 Å². The fourth-order valence-corrected chi connectivity index (χ4v) is 2.05. The van der Waals surface area contributed by atoms with Crippen molar-refractivity contribution in [1.29, 1.82) is 0 Å². The molecule has 0 radical (unpaired) electrons. The van der Waals surface area contributed by atoms with Crippen LogP contribution >= 0.6 is 0 Å². The maximum atomic E-state index is 4.38. The van der Waals surface area contributed by atoms with Gasteiger partial charge in [-0.15, -0.1) is 10.2 Å². The Kier molecular flexibility index (Phi) is 4.33. The zero-order valence-corrected chi connectivity index (χ0v) is 11.7. The Labute approximate surface area is 123 Å². The molecular weight excluding hydrogens is 262 g/mol. The van der Waals surface area contributed by atoms with Crippen LogP contribution in [0.5, 0.6) is 0 Å². The molecule has 0 aliphatic heterocycles. The van der Waals surface area contributed by atoms with Crippen molar-refractivity contribution in [3.8, 4) is 11.4 Å². The molecule has 0 spiro atoms. The third-order valence-electron chi connectivity index (χ3n) is 3.15. The largest absolute Gasteiger partial charge is 0.311 e. The highest BCUT2D eigenvalue weighted by Crippen LogP contribution is 2.11. The van der Waals surface area contributed by atoms with Gasteiger partial charge in [0, 0.05) is 18.7 Å². The molecule has 106 valence electrons. The summed E-state index contributed by atoms with van der Waals surface area (Å²) in [6.45, 7) is 2.35. The average molecular weight is 279 g/mol. The number of benzene rings is 2. The molecule has 0 saturated carbocycles. The summed E-state index contributed by atoms with van der Waals surface area (Å²) in [5.41, 5.74) is 2.26. The van der Waals surface area contributed by atoms with Gasteiger partial charge >= 0.3 is 0 Å². The van der Waals surface area contributed by atoms with Crippen LogP contribution < -0.4 is 5.32 Å². The number of nitrogens with zero attached hydrogens (tertiary/aromatic N) is 4. The highest BCUT2D eigenvalue weighted by molar-refractivity contribution is 5.52. The smallest absolute Gasteiger partial charge is 0.204 e. The van der Waals surface area contributed by atoms with Crippen LogP contribution in [-0.4, -0.2) is 26.8 Å². The minimum atomic E-state index is 0.665. The SMILES string of the molecule is c1ccc(CNCCn2nnc(-c3ccccc3)n2)cc1. The van der Waals surface area contributed by atoms with Crippen molar-refractivity contribution >= 4 is 0 Å². The molecule has 1 N–H and O–H groups in total. The summed E-state index contributed by atoms with van der Waals surface area (Å²) in [6, 6.07) is 20.2. The van der Waals surface area contributed by atoms with Crippen LogP contribution in [-0.2, 0) is 13.1 Å². The normalized spacial score (nSPS) is 10.7. The fraction of sp³-hybridized carbons (Fsp3) is 0.188. The molecule has 1 aromatic heterocycles. The Morgan fingerprint density at radius 1 is 0.905 bits per heavy atom. The summed E-state index contributed by atoms with van der Waals surface area (Å²) < 4.78 is 0. The lowest BCUT2D eigenvalue weighted by Crippen LogP contribution is -2.20. The molecule has 1 heterocycles. The highest BCUT2D eigenvalue weighted by atomic mass is 15.6. The number of aromatic nitrogens is 4. The minimum absolute atomic E-state index is 0.665. The van der Waals surface area contributed by atoms with Crippen molar-refractivity contribution in [3.63, 3.8) is 0 Å². The zero-order valence-electron chi connectivity index (χ0n) is 11.7. The van der Waals surface area contributed by atoms with Crippen LogP contribution in [0.3, 0.4) is 0 Å². The van der Waals surface area contributed by atoms with Gasteiger partial charge in [-0.2, -0.15) is 4.80 Å². The topological polar surface area (TPSA) is 55.6 Å². The summed E-state index contributed by atoms with van der Waals surface area (Å²) in [5, 5.41) is 15.9. The molecule has 0 aliphatic rings. The standard InChI is InChI=1S/C16H17N5/c1-3-7-14(8-4-1)13-17-11-12-21-19-16(18-20-21)15-9-5-2-6-10-15/h1-10,17H,11-13H2. The van der Waals surface area contributed by atoms with E-state index in [1.807, 2.05) is 48.5 Å². The lowest BCUT2D eigenvalue weighted by molar-refractivity contribution is 0.491. The number of rotatable bonds is 6. The van der Waals surface area contributed by atoms with Gasteiger partial charge < -0.3 is 5.32 Å². The lowest BCUT2D eigenvalue weighted by Gasteiger charge is -2.03. The molecule has 0 fully saturated rings. The van der Waals surface area contributed by atoms with E-state index in [0.29, 0.717) is 12.4 Å². The molecule has 3 aromatic rings. The van der Waals surface area contributed by atoms with Gasteiger partial charge in [0.2, 0.25) is 5.82 Å². The Bertz CT molecular complexity index is 663. The van der Waals surface area contributed by atoms with E-state index in [-0.39, 0.29) is 0 Å². The lowest BCUT2D eigenvalue weighted by atomic mass is 10.2. The van der Waals surface area contributed by atoms with E-state index >= 15 is 0 Å². The maximum absolute atomic E-state index is 4.38. The first-order valence-corrected chi connectivity index (χ1v) is 7.00. The molecule has 0 bridgehead atoms. The van der Waals surface area contributed by atoms with E-state index in [9.17, 15) is 0 Å². The second kappa shape index (κ2) is 6.76. The van der Waals surface area contributed by atoms with Crippen molar-refractivity contribution < 1.29 is 0 Å². The third kappa shape index (κ3) is 3.73. The van der Waals surface area contributed by atoms with Crippen LogP contribution in [0, 0.1) is 0 Å². The number of tetrazole rings is 1. The predicted molar refractivity (Wildman–Crippen MR) is 81.4 cm³/mol. The summed E-state index contributed by atoms with van der Waals surface area (Å²) in [5.74, 6) is 0.665. The minimum Gasteiger partial charge on any atom is -0.311 e. The van der Waals surface area contributed by atoms with E-state index < -0.39 is 0 Å². The van der Waals surface area contributed by atoms with Crippen molar-refractivity contribution in [1.82, 2.24) is 25.5 Å². The fourth-order valence-electron chi connectivity index (χ4n) is 2.05. The van der Waals surface area contributed by atoms with Gasteiger partial charge in [-0.3, -0.25) is 0 Å². The number of nitrogens with one attached hydrogen (secondary N) is 1. The van der Waals surface area contributed by atoms with Gasteiger partial charge in [0.05, 0.1) is 6.54 Å². The van der Waals surface area contributed by atoms with E-state index in [2.05, 4.69) is 32.9 Å². The average Bonchev–Trinajstić information content (AvgIpc) is 3.02. The molecule has 0 atom stereocenters. The Morgan fingerprint density at radius 3 is 2.38 bits per heavy atom. The molecular formula is C16H17N5. The van der Waals surface area contributed by atoms with Crippen LogP contribution in [0.15, 0.2) is 60.7 Å². The van der Waals surface area contributed by atoms with Crippen LogP contribution in [0.25, 0.3) is 11.4 Å². The van der Waals surface area contributed by atoms with Gasteiger partial charge in [0.15, 0.2) is 0 Å². The Balaban J connectivity index is 1.49. The van der Waals surface area contributed by atoms with Crippen molar-refractivity contribution in [2.75, 3.05) is 6.54 Å². The highest BCUT2D eigenvalue weighted by Gasteiger charge is 2.04. The summed E-state index contributed by atoms with van der Waals surface area (Å²) >= 11 is 0. The summed E-state index contributed by atoms with van der Waals surface area (Å²) in [7, 11) is 0. The predicted octanol–water partition coefficient (Wildman–Crippen LogP) is 2.13. The van der Waals surface area contributed by atoms with Crippen molar-refractivity contribution in [2.45, 2.75) is 13.1 Å². The molecule has 5 heteroatoms. The van der Waals surface area contributed by atoms with E-state index in [1.54, 1.807) is 4.80 Å². The van der Waals surface area contributed by atoms with Gasteiger partial charge in [-0.1, -0.05) is 60.7 Å². The monoisotopic (exact) mass is 279 g/mol. The first-order chi connectivity index (χ1) is 10.4. The molecule has 5 nitrogen and oxygen atoms in total. The van der Waals surface area contributed by atoms with E-state index in [4.69, 9.17) is 0 Å². The van der Waals surface area contributed by atoms with Crippen LogP contribution in [0.2, 0.25) is 0 Å². The molecule has 0 aliphatic carbocycles. The molecule has 3 rings (SSSR count). The van der Waals surface area contributed by atoms with E-state index in [0.717, 1.165) is 18.7 Å². The molecule has 2 aromatic carbocycles. The second-order valence-corrected chi connectivity index (χ2v) is 4.74. The first-order valence-electron chi connectivity index (χ1n) is 7.00. The quantitative estimate of drug-likeness (QED) is 0.702. The summed E-state index contributed by atoms with van der Waals surface area (Å²) in [4.78, 5) is 1.63. The van der Waals surface area contributed by atoms with Crippen LogP contribution in [0.1, 0.15) is 5.56 Å². The van der Waals surface area contributed by atoms with Gasteiger partial charge in [-0.25, -0.2) is 0 Å². The first kappa shape index (κ1) is 13.5. The van der Waals surface area contributed by atoms with Crippen molar-refractivity contribution in [2.24, 2.45) is 0 Å². The second-order valence-electron chi connectivity index (χ2n) is 4.74. The molecule has 21 heavy (non-hydrogen) atoms. The summed E-state index contributed by atoms with van der Waals surface area (Å²) in [6.07, 6.45) is 0. The Hall–Kier alpha value is -2.53. The number of hydrogen-bond donors (Lipinski definition) is 1.